The van der Waals surface area contributed by atoms with E-state index >= 15 is 0 Å². The smallest absolute Gasteiger partial charge is 0.251 e. The zero-order chi connectivity index (χ0) is 14.5. The molecule has 1 saturated heterocycles. The fourth-order valence-corrected chi connectivity index (χ4v) is 2.40. The summed E-state index contributed by atoms with van der Waals surface area (Å²) in [5, 5.41) is 8.78. The molecule has 2 rings (SSSR count). The van der Waals surface area contributed by atoms with Crippen LogP contribution in [0.15, 0.2) is 18.2 Å². The lowest BCUT2D eigenvalue weighted by Crippen LogP contribution is -2.27. The maximum Gasteiger partial charge on any atom is 0.251 e. The molecule has 0 saturated carbocycles. The second-order valence-corrected chi connectivity index (χ2v) is 5.15. The Bertz CT molecular complexity index is 508. The molecule has 0 radical (unpaired) electrons. The summed E-state index contributed by atoms with van der Waals surface area (Å²) in [4.78, 5) is 23.6. The summed E-state index contributed by atoms with van der Waals surface area (Å²) >= 11 is 0. The minimum Gasteiger partial charge on any atom is -0.355 e. The molecule has 3 N–H and O–H groups in total. The van der Waals surface area contributed by atoms with E-state index in [4.69, 9.17) is 0 Å². The Morgan fingerprint density at radius 3 is 2.85 bits per heavy atom. The summed E-state index contributed by atoms with van der Waals surface area (Å²) in [5.41, 5.74) is 2.20. The van der Waals surface area contributed by atoms with Gasteiger partial charge in [0.1, 0.15) is 0 Å². The van der Waals surface area contributed by atoms with Gasteiger partial charge in [0, 0.05) is 30.8 Å². The van der Waals surface area contributed by atoms with Crippen LogP contribution in [0.2, 0.25) is 0 Å². The van der Waals surface area contributed by atoms with Gasteiger partial charge in [0.05, 0.1) is 0 Å². The fraction of sp³-hybridized carbons (Fsp3) is 0.467. The number of carbonyl (C=O) groups is 2. The number of nitrogens with one attached hydrogen (secondary N) is 3. The minimum atomic E-state index is -0.155. The van der Waals surface area contributed by atoms with Gasteiger partial charge in [-0.1, -0.05) is 6.07 Å². The van der Waals surface area contributed by atoms with E-state index in [-0.39, 0.29) is 17.9 Å². The molecule has 5 nitrogen and oxygen atoms in total. The average molecular weight is 275 g/mol. The van der Waals surface area contributed by atoms with Gasteiger partial charge in [-0.25, -0.2) is 0 Å². The maximum absolute atomic E-state index is 12.0. The third-order valence-electron chi connectivity index (χ3n) is 3.60. The molecule has 0 aromatic heterocycles. The third-order valence-corrected chi connectivity index (χ3v) is 3.60. The second kappa shape index (κ2) is 6.52. The van der Waals surface area contributed by atoms with Crippen molar-refractivity contribution in [3.05, 3.63) is 29.3 Å². The van der Waals surface area contributed by atoms with E-state index in [0.29, 0.717) is 17.7 Å². The van der Waals surface area contributed by atoms with Crippen LogP contribution in [0.1, 0.15) is 35.2 Å². The summed E-state index contributed by atoms with van der Waals surface area (Å²) in [5.74, 6) is -0.167. The van der Waals surface area contributed by atoms with Crippen molar-refractivity contribution in [2.75, 3.05) is 18.9 Å². The van der Waals surface area contributed by atoms with Gasteiger partial charge >= 0.3 is 0 Å². The number of aryl methyl sites for hydroxylation is 1. The molecule has 20 heavy (non-hydrogen) atoms. The number of rotatable bonds is 4. The van der Waals surface area contributed by atoms with E-state index in [1.165, 1.54) is 0 Å². The molecule has 1 unspecified atom stereocenters. The van der Waals surface area contributed by atoms with Gasteiger partial charge in [-0.05, 0) is 44.0 Å². The fourth-order valence-electron chi connectivity index (χ4n) is 2.40. The van der Waals surface area contributed by atoms with Crippen LogP contribution in [-0.4, -0.2) is 31.4 Å². The van der Waals surface area contributed by atoms with E-state index in [1.807, 2.05) is 13.0 Å². The van der Waals surface area contributed by atoms with Crippen LogP contribution in [0.25, 0.3) is 0 Å². The molecule has 0 aliphatic carbocycles. The van der Waals surface area contributed by atoms with Gasteiger partial charge in [-0.3, -0.25) is 9.59 Å². The van der Waals surface area contributed by atoms with Crippen LogP contribution < -0.4 is 16.0 Å². The first-order valence-corrected chi connectivity index (χ1v) is 6.96. The van der Waals surface area contributed by atoms with Crippen molar-refractivity contribution >= 4 is 17.5 Å². The van der Waals surface area contributed by atoms with E-state index in [9.17, 15) is 9.59 Å². The first-order chi connectivity index (χ1) is 9.60. The minimum absolute atomic E-state index is 0.0124. The van der Waals surface area contributed by atoms with Crippen molar-refractivity contribution in [1.82, 2.24) is 10.6 Å². The predicted octanol–water partition coefficient (Wildman–Crippen LogP) is 1.44. The van der Waals surface area contributed by atoms with Crippen molar-refractivity contribution < 1.29 is 9.59 Å². The topological polar surface area (TPSA) is 70.2 Å². The van der Waals surface area contributed by atoms with Gasteiger partial charge < -0.3 is 16.0 Å². The molecule has 0 spiro atoms. The molecule has 5 heteroatoms. The van der Waals surface area contributed by atoms with E-state index < -0.39 is 0 Å². The highest BCUT2D eigenvalue weighted by molar-refractivity contribution is 5.97. The lowest BCUT2D eigenvalue weighted by atomic mass is 10.1. The molecule has 1 atom stereocenters. The number of carbonyl (C=O) groups excluding carboxylic acids is 2. The molecule has 108 valence electrons. The summed E-state index contributed by atoms with van der Waals surface area (Å²) in [6.45, 7) is 2.90. The zero-order valence-corrected chi connectivity index (χ0v) is 12.0. The number of benzene rings is 1. The normalized spacial score (nSPS) is 17.8. The van der Waals surface area contributed by atoms with Crippen LogP contribution in [0.5, 0.6) is 0 Å². The summed E-state index contributed by atoms with van der Waals surface area (Å²) in [6.07, 6.45) is 2.65. The highest BCUT2D eigenvalue weighted by Gasteiger charge is 2.18. The van der Waals surface area contributed by atoms with Crippen molar-refractivity contribution in [3.63, 3.8) is 0 Å². The van der Waals surface area contributed by atoms with E-state index in [0.717, 1.165) is 24.9 Å². The molecule has 1 aromatic rings. The van der Waals surface area contributed by atoms with Gasteiger partial charge in [0.15, 0.2) is 0 Å². The maximum atomic E-state index is 12.0. The first-order valence-electron chi connectivity index (χ1n) is 6.96. The third kappa shape index (κ3) is 3.57. The van der Waals surface area contributed by atoms with Crippen molar-refractivity contribution in [2.24, 2.45) is 0 Å². The average Bonchev–Trinajstić information content (AvgIpc) is 2.93. The predicted molar refractivity (Wildman–Crippen MR) is 78.8 cm³/mol. The molecule has 1 heterocycles. The quantitative estimate of drug-likeness (QED) is 0.778. The number of hydrogen-bond donors (Lipinski definition) is 3. The number of amides is 2. The molecule has 0 bridgehead atoms. The molecular weight excluding hydrogens is 254 g/mol. The molecule has 1 aromatic carbocycles. The highest BCUT2D eigenvalue weighted by Crippen LogP contribution is 2.18. The largest absolute Gasteiger partial charge is 0.355 e. The Labute approximate surface area is 119 Å². The van der Waals surface area contributed by atoms with E-state index in [2.05, 4.69) is 16.0 Å². The standard InChI is InChI=1S/C15H21N3O2/c1-10-5-6-11(15(20)16-2)8-13(10)18-14(19)9-12-4-3-7-17-12/h5-6,8,12,17H,3-4,7,9H2,1-2H3,(H,16,20)(H,18,19). The molecule has 1 aliphatic heterocycles. The van der Waals surface area contributed by atoms with Crippen LogP contribution in [0.3, 0.4) is 0 Å². The monoisotopic (exact) mass is 275 g/mol. The van der Waals surface area contributed by atoms with Gasteiger partial charge in [0.25, 0.3) is 5.91 Å². The lowest BCUT2D eigenvalue weighted by molar-refractivity contribution is -0.116. The zero-order valence-electron chi connectivity index (χ0n) is 12.0. The Kier molecular flexibility index (Phi) is 4.74. The van der Waals surface area contributed by atoms with Crippen LogP contribution in [-0.2, 0) is 4.79 Å². The molecule has 1 fully saturated rings. The SMILES string of the molecule is CNC(=O)c1ccc(C)c(NC(=O)CC2CCCN2)c1. The number of anilines is 1. The Morgan fingerprint density at radius 2 is 2.20 bits per heavy atom. The van der Waals surface area contributed by atoms with Crippen LogP contribution in [0, 0.1) is 6.92 Å². The first kappa shape index (κ1) is 14.5. The Morgan fingerprint density at radius 1 is 1.40 bits per heavy atom. The summed E-state index contributed by atoms with van der Waals surface area (Å²) < 4.78 is 0. The van der Waals surface area contributed by atoms with Crippen molar-refractivity contribution in [1.29, 1.82) is 0 Å². The van der Waals surface area contributed by atoms with Crippen LogP contribution in [0.4, 0.5) is 5.69 Å². The number of hydrogen-bond acceptors (Lipinski definition) is 3. The molecule has 2 amide bonds. The summed E-state index contributed by atoms with van der Waals surface area (Å²) in [6, 6.07) is 5.59. The highest BCUT2D eigenvalue weighted by atomic mass is 16.2. The Balaban J connectivity index is 2.03. The van der Waals surface area contributed by atoms with Gasteiger partial charge in [-0.2, -0.15) is 0 Å². The van der Waals surface area contributed by atoms with Gasteiger partial charge in [-0.15, -0.1) is 0 Å². The molecular formula is C15H21N3O2. The van der Waals surface area contributed by atoms with E-state index in [1.54, 1.807) is 19.2 Å². The Hall–Kier alpha value is -1.88. The second-order valence-electron chi connectivity index (χ2n) is 5.15. The summed E-state index contributed by atoms with van der Waals surface area (Å²) in [7, 11) is 1.59. The lowest BCUT2D eigenvalue weighted by Gasteiger charge is -2.13. The van der Waals surface area contributed by atoms with Gasteiger partial charge in [0.2, 0.25) is 5.91 Å². The van der Waals surface area contributed by atoms with Crippen molar-refractivity contribution in [2.45, 2.75) is 32.2 Å². The van der Waals surface area contributed by atoms with Crippen molar-refractivity contribution in [3.8, 4) is 0 Å². The molecule has 1 aliphatic rings. The van der Waals surface area contributed by atoms with Crippen LogP contribution >= 0.6 is 0 Å².